The summed E-state index contributed by atoms with van der Waals surface area (Å²) in [4.78, 5) is 14.1. The van der Waals surface area contributed by atoms with Crippen LogP contribution in [0.3, 0.4) is 0 Å². The molecule has 182 valence electrons. The Kier molecular flexibility index (Phi) is 6.32. The van der Waals surface area contributed by atoms with Gasteiger partial charge in [-0.1, -0.05) is 39.7 Å². The zero-order chi connectivity index (χ0) is 24.9. The monoisotopic (exact) mass is 583 g/mol. The number of hydrogen-bond acceptors (Lipinski definition) is 5. The second kappa shape index (κ2) is 9.15. The van der Waals surface area contributed by atoms with Crippen molar-refractivity contribution in [1.82, 2.24) is 9.78 Å². The molecule has 2 atom stereocenters. The highest BCUT2D eigenvalue weighted by molar-refractivity contribution is 9.10. The van der Waals surface area contributed by atoms with Crippen molar-refractivity contribution in [1.29, 1.82) is 5.26 Å². The van der Waals surface area contributed by atoms with E-state index in [1.807, 2.05) is 0 Å². The van der Waals surface area contributed by atoms with Gasteiger partial charge in [-0.05, 0) is 48.9 Å². The number of hydrogen-bond donors (Lipinski definition) is 2. The molecule has 2 aromatic heterocycles. The highest BCUT2D eigenvalue weighted by atomic mass is 79.9. The van der Waals surface area contributed by atoms with Crippen molar-refractivity contribution in [3.8, 4) is 6.07 Å². The number of carbonyl (C=O) groups excluding carboxylic acids is 1. The van der Waals surface area contributed by atoms with Gasteiger partial charge in [-0.2, -0.15) is 23.5 Å². The predicted octanol–water partition coefficient (Wildman–Crippen LogP) is 7.02. The maximum atomic E-state index is 14.0. The van der Waals surface area contributed by atoms with Crippen molar-refractivity contribution in [2.45, 2.75) is 50.4 Å². The van der Waals surface area contributed by atoms with Gasteiger partial charge in [0.25, 0.3) is 5.91 Å². The lowest BCUT2D eigenvalue weighted by Gasteiger charge is -2.33. The number of benzene rings is 1. The lowest BCUT2D eigenvalue weighted by molar-refractivity contribution is -0.173. The molecule has 3 aromatic rings. The number of nitrogens with one attached hydrogen (secondary N) is 2. The van der Waals surface area contributed by atoms with Crippen molar-refractivity contribution < 1.29 is 18.0 Å². The molecule has 0 spiro atoms. The number of fused-ring (bicyclic) bond motifs is 2. The molecule has 35 heavy (non-hydrogen) atoms. The molecule has 12 heteroatoms. The van der Waals surface area contributed by atoms with Crippen LogP contribution < -0.4 is 10.6 Å². The molecule has 2 unspecified atom stereocenters. The standard InChI is InChI=1S/C23H18BrClF3N5OS/c24-12-7-5-11(6-8-12)15-9-17(23(26,27)28)33-20(30-15)18(25)19(32-33)21(34)31-22-14(10-29)13-3-1-2-4-16(13)35-22/h5-8,15,17,30H,1-4,9H2,(H,31,34). The Bertz CT molecular complexity index is 1350. The van der Waals surface area contributed by atoms with Gasteiger partial charge >= 0.3 is 6.18 Å². The van der Waals surface area contributed by atoms with E-state index in [1.54, 1.807) is 24.3 Å². The Hall–Kier alpha value is -2.55. The maximum absolute atomic E-state index is 14.0. The van der Waals surface area contributed by atoms with Crippen LogP contribution in [0.25, 0.3) is 0 Å². The highest BCUT2D eigenvalue weighted by Crippen LogP contribution is 2.46. The Morgan fingerprint density at radius 1 is 1.29 bits per heavy atom. The summed E-state index contributed by atoms with van der Waals surface area (Å²) in [5.41, 5.74) is 1.67. The van der Waals surface area contributed by atoms with Crippen LogP contribution in [0.15, 0.2) is 28.7 Å². The quantitative estimate of drug-likeness (QED) is 0.347. The minimum atomic E-state index is -4.60. The summed E-state index contributed by atoms with van der Waals surface area (Å²) >= 11 is 11.1. The number of nitriles is 1. The summed E-state index contributed by atoms with van der Waals surface area (Å²) in [6, 6.07) is 6.46. The number of aromatic nitrogens is 2. The number of aryl methyl sites for hydroxylation is 1. The number of anilines is 2. The van der Waals surface area contributed by atoms with E-state index in [0.717, 1.165) is 45.3 Å². The zero-order valence-corrected chi connectivity index (χ0v) is 21.2. The third-order valence-electron chi connectivity index (χ3n) is 6.29. The van der Waals surface area contributed by atoms with Crippen molar-refractivity contribution in [3.05, 3.63) is 61.0 Å². The Labute approximate surface area is 216 Å². The first-order valence-corrected chi connectivity index (χ1v) is 12.9. The van der Waals surface area contributed by atoms with Crippen LogP contribution in [0.4, 0.5) is 24.0 Å². The summed E-state index contributed by atoms with van der Waals surface area (Å²) in [5.74, 6) is -0.820. The zero-order valence-electron chi connectivity index (χ0n) is 18.0. The number of rotatable bonds is 3. The van der Waals surface area contributed by atoms with Gasteiger partial charge < -0.3 is 10.6 Å². The van der Waals surface area contributed by atoms with Gasteiger partial charge in [0, 0.05) is 15.8 Å². The average Bonchev–Trinajstić information content (AvgIpc) is 3.35. The van der Waals surface area contributed by atoms with E-state index in [-0.39, 0.29) is 23.0 Å². The Balaban J connectivity index is 1.49. The second-order valence-electron chi connectivity index (χ2n) is 8.48. The van der Waals surface area contributed by atoms with E-state index in [0.29, 0.717) is 16.1 Å². The fourth-order valence-corrected chi connectivity index (χ4v) is 6.35. The average molecular weight is 585 g/mol. The molecule has 0 saturated carbocycles. The SMILES string of the molecule is N#Cc1c(NC(=O)c2nn3c(c2Cl)NC(c2ccc(Br)cc2)CC3C(F)(F)F)sc2c1CCCC2. The highest BCUT2D eigenvalue weighted by Gasteiger charge is 2.48. The summed E-state index contributed by atoms with van der Waals surface area (Å²) < 4.78 is 43.6. The van der Waals surface area contributed by atoms with E-state index in [4.69, 9.17) is 11.6 Å². The minimum absolute atomic E-state index is 0.0655. The Morgan fingerprint density at radius 3 is 2.69 bits per heavy atom. The summed E-state index contributed by atoms with van der Waals surface area (Å²) in [5, 5.41) is 19.5. The molecule has 1 aliphatic heterocycles. The molecule has 6 nitrogen and oxygen atoms in total. The van der Waals surface area contributed by atoms with Gasteiger partial charge in [-0.25, -0.2) is 4.68 Å². The maximum Gasteiger partial charge on any atom is 0.410 e. The molecule has 0 bridgehead atoms. The summed E-state index contributed by atoms with van der Waals surface area (Å²) in [7, 11) is 0. The number of carbonyl (C=O) groups is 1. The third kappa shape index (κ3) is 4.43. The molecular formula is C23H18BrClF3N5OS. The number of alkyl halides is 3. The topological polar surface area (TPSA) is 82.7 Å². The van der Waals surface area contributed by atoms with Crippen LogP contribution in [-0.4, -0.2) is 21.9 Å². The smallest absolute Gasteiger partial charge is 0.362 e. The van der Waals surface area contributed by atoms with Gasteiger partial charge in [0.15, 0.2) is 11.7 Å². The Morgan fingerprint density at radius 2 is 2.00 bits per heavy atom. The molecule has 1 aromatic carbocycles. The molecule has 2 N–H and O–H groups in total. The van der Waals surface area contributed by atoms with Gasteiger partial charge in [0.05, 0.1) is 11.6 Å². The lowest BCUT2D eigenvalue weighted by atomic mass is 9.96. The molecule has 0 fully saturated rings. The lowest BCUT2D eigenvalue weighted by Crippen LogP contribution is -2.35. The normalized spacial score (nSPS) is 19.3. The number of nitrogens with zero attached hydrogens (tertiary/aromatic N) is 3. The summed E-state index contributed by atoms with van der Waals surface area (Å²) in [6.07, 6.45) is -1.34. The molecule has 3 heterocycles. The van der Waals surface area contributed by atoms with Crippen molar-refractivity contribution in [3.63, 3.8) is 0 Å². The van der Waals surface area contributed by atoms with Crippen LogP contribution >= 0.6 is 38.9 Å². The van der Waals surface area contributed by atoms with E-state index < -0.39 is 24.2 Å². The first-order chi connectivity index (χ1) is 16.7. The van der Waals surface area contributed by atoms with Gasteiger partial charge in [0.1, 0.15) is 21.9 Å². The van der Waals surface area contributed by atoms with Crippen molar-refractivity contribution in [2.24, 2.45) is 0 Å². The number of halogens is 5. The first-order valence-electron chi connectivity index (χ1n) is 10.9. The predicted molar refractivity (Wildman–Crippen MR) is 131 cm³/mol. The number of thiophene rings is 1. The summed E-state index contributed by atoms with van der Waals surface area (Å²) in [6.45, 7) is 0. The second-order valence-corrected chi connectivity index (χ2v) is 10.9. The van der Waals surface area contributed by atoms with E-state index in [9.17, 15) is 23.2 Å². The fourth-order valence-electron chi connectivity index (χ4n) is 4.58. The van der Waals surface area contributed by atoms with Crippen LogP contribution in [0.1, 0.15) is 63.4 Å². The number of amides is 1. The van der Waals surface area contributed by atoms with Gasteiger partial charge in [0.2, 0.25) is 0 Å². The molecule has 2 aliphatic rings. The first kappa shape index (κ1) is 24.2. The van der Waals surface area contributed by atoms with Crippen LogP contribution in [0, 0.1) is 11.3 Å². The largest absolute Gasteiger partial charge is 0.410 e. The van der Waals surface area contributed by atoms with E-state index in [1.165, 1.54) is 11.3 Å². The molecule has 1 aliphatic carbocycles. The van der Waals surface area contributed by atoms with E-state index >= 15 is 0 Å². The van der Waals surface area contributed by atoms with Crippen LogP contribution in [0.2, 0.25) is 5.02 Å². The molecular weight excluding hydrogens is 567 g/mol. The molecule has 5 rings (SSSR count). The van der Waals surface area contributed by atoms with Crippen molar-refractivity contribution in [2.75, 3.05) is 10.6 Å². The van der Waals surface area contributed by atoms with E-state index in [2.05, 4.69) is 37.7 Å². The molecule has 0 saturated heterocycles. The van der Waals surface area contributed by atoms with Crippen LogP contribution in [0.5, 0.6) is 0 Å². The fraction of sp³-hybridized carbons (Fsp3) is 0.348. The van der Waals surface area contributed by atoms with Gasteiger partial charge in [-0.3, -0.25) is 4.79 Å². The molecule has 1 amide bonds. The third-order valence-corrected chi connectivity index (χ3v) is 8.39. The molecule has 0 radical (unpaired) electrons. The van der Waals surface area contributed by atoms with Crippen LogP contribution in [-0.2, 0) is 12.8 Å². The van der Waals surface area contributed by atoms with Crippen molar-refractivity contribution >= 4 is 55.6 Å². The minimum Gasteiger partial charge on any atom is -0.362 e. The van der Waals surface area contributed by atoms with Gasteiger partial charge in [-0.15, -0.1) is 11.3 Å².